The smallest absolute Gasteiger partial charge is 0.406 e. The molecule has 0 aliphatic rings. The van der Waals surface area contributed by atoms with E-state index in [9.17, 15) is 18.3 Å². The van der Waals surface area contributed by atoms with Crippen molar-refractivity contribution in [1.82, 2.24) is 5.32 Å². The third-order valence-electron chi connectivity index (χ3n) is 2.65. The SMILES string of the molecule is CC(C)NC(C)(CO)c1ccc(OC(F)(F)F)cc1. The molecule has 1 rings (SSSR count). The molecule has 108 valence electrons. The summed E-state index contributed by atoms with van der Waals surface area (Å²) in [5.41, 5.74) is -0.0106. The van der Waals surface area contributed by atoms with Crippen molar-refractivity contribution >= 4 is 0 Å². The molecule has 0 fully saturated rings. The molecule has 6 heteroatoms. The van der Waals surface area contributed by atoms with Gasteiger partial charge in [-0.15, -0.1) is 13.2 Å². The van der Waals surface area contributed by atoms with Crippen LogP contribution in [0.1, 0.15) is 26.3 Å². The fourth-order valence-electron chi connectivity index (χ4n) is 1.88. The molecule has 1 unspecified atom stereocenters. The zero-order valence-corrected chi connectivity index (χ0v) is 11.1. The first-order valence-electron chi connectivity index (χ1n) is 5.91. The van der Waals surface area contributed by atoms with Crippen LogP contribution in [-0.4, -0.2) is 24.1 Å². The zero-order chi connectivity index (χ0) is 14.7. The van der Waals surface area contributed by atoms with E-state index in [1.165, 1.54) is 24.3 Å². The fourth-order valence-corrected chi connectivity index (χ4v) is 1.88. The molecule has 0 heterocycles. The summed E-state index contributed by atoms with van der Waals surface area (Å²) in [7, 11) is 0. The Morgan fingerprint density at radius 1 is 1.21 bits per heavy atom. The molecule has 1 aromatic rings. The third kappa shape index (κ3) is 4.72. The van der Waals surface area contributed by atoms with Gasteiger partial charge >= 0.3 is 6.36 Å². The van der Waals surface area contributed by atoms with Gasteiger partial charge in [-0.2, -0.15) is 0 Å². The second-order valence-electron chi connectivity index (χ2n) is 4.86. The Morgan fingerprint density at radius 2 is 1.74 bits per heavy atom. The van der Waals surface area contributed by atoms with Crippen LogP contribution in [0.2, 0.25) is 0 Å². The number of aliphatic hydroxyl groups is 1. The van der Waals surface area contributed by atoms with Gasteiger partial charge in [-0.05, 0) is 38.5 Å². The van der Waals surface area contributed by atoms with Gasteiger partial charge in [-0.1, -0.05) is 12.1 Å². The zero-order valence-electron chi connectivity index (χ0n) is 11.1. The second-order valence-corrected chi connectivity index (χ2v) is 4.86. The molecule has 0 aliphatic carbocycles. The summed E-state index contributed by atoms with van der Waals surface area (Å²) < 4.78 is 39.9. The number of hydrogen-bond donors (Lipinski definition) is 2. The highest BCUT2D eigenvalue weighted by Gasteiger charge is 2.31. The van der Waals surface area contributed by atoms with E-state index in [-0.39, 0.29) is 18.4 Å². The lowest BCUT2D eigenvalue weighted by molar-refractivity contribution is -0.274. The average Bonchev–Trinajstić information content (AvgIpc) is 2.26. The number of halogens is 3. The van der Waals surface area contributed by atoms with Crippen LogP contribution in [0.3, 0.4) is 0 Å². The highest BCUT2D eigenvalue weighted by Crippen LogP contribution is 2.26. The maximum absolute atomic E-state index is 12.0. The first-order chi connectivity index (χ1) is 8.66. The molecular weight excluding hydrogens is 259 g/mol. The number of aliphatic hydroxyl groups excluding tert-OH is 1. The van der Waals surface area contributed by atoms with Crippen LogP contribution in [-0.2, 0) is 5.54 Å². The molecule has 1 aromatic carbocycles. The number of benzene rings is 1. The van der Waals surface area contributed by atoms with Gasteiger partial charge in [-0.25, -0.2) is 0 Å². The summed E-state index contributed by atoms with van der Waals surface area (Å²) in [5.74, 6) is -0.277. The van der Waals surface area contributed by atoms with Crippen LogP contribution in [0.5, 0.6) is 5.75 Å². The van der Waals surface area contributed by atoms with E-state index < -0.39 is 11.9 Å². The molecule has 2 N–H and O–H groups in total. The topological polar surface area (TPSA) is 41.5 Å². The monoisotopic (exact) mass is 277 g/mol. The highest BCUT2D eigenvalue weighted by atomic mass is 19.4. The standard InChI is InChI=1S/C13H18F3NO2/c1-9(2)17-12(3,8-18)10-4-6-11(7-5-10)19-13(14,15)16/h4-7,9,17-18H,8H2,1-3H3. The van der Waals surface area contributed by atoms with Gasteiger partial charge in [0, 0.05) is 6.04 Å². The number of nitrogens with one attached hydrogen (secondary N) is 1. The van der Waals surface area contributed by atoms with Crippen molar-refractivity contribution in [3.8, 4) is 5.75 Å². The lowest BCUT2D eigenvalue weighted by Gasteiger charge is -2.31. The third-order valence-corrected chi connectivity index (χ3v) is 2.65. The molecule has 0 aromatic heterocycles. The van der Waals surface area contributed by atoms with Crippen molar-refractivity contribution in [2.75, 3.05) is 6.61 Å². The highest BCUT2D eigenvalue weighted by molar-refractivity contribution is 5.32. The molecule has 19 heavy (non-hydrogen) atoms. The lowest BCUT2D eigenvalue weighted by Crippen LogP contribution is -2.46. The predicted octanol–water partition coefficient (Wildman–Crippen LogP) is 2.79. The summed E-state index contributed by atoms with van der Waals surface area (Å²) in [4.78, 5) is 0. The van der Waals surface area contributed by atoms with Crippen LogP contribution in [0, 0.1) is 0 Å². The largest absolute Gasteiger partial charge is 0.573 e. The number of hydrogen-bond acceptors (Lipinski definition) is 3. The first kappa shape index (κ1) is 15.8. The molecule has 0 spiro atoms. The van der Waals surface area contributed by atoms with Crippen molar-refractivity contribution in [3.05, 3.63) is 29.8 Å². The minimum absolute atomic E-state index is 0.128. The Kier molecular flexibility index (Phi) is 4.81. The normalized spacial score (nSPS) is 15.4. The molecule has 1 atom stereocenters. The predicted molar refractivity (Wildman–Crippen MR) is 65.8 cm³/mol. The molecular formula is C13H18F3NO2. The fraction of sp³-hybridized carbons (Fsp3) is 0.538. The molecule has 0 saturated heterocycles. The Balaban J connectivity index is 2.90. The van der Waals surface area contributed by atoms with E-state index in [0.29, 0.717) is 5.56 Å². The quantitative estimate of drug-likeness (QED) is 0.869. The van der Waals surface area contributed by atoms with Crippen LogP contribution in [0.25, 0.3) is 0 Å². The molecule has 0 amide bonds. The van der Waals surface area contributed by atoms with Crippen LogP contribution in [0.4, 0.5) is 13.2 Å². The van der Waals surface area contributed by atoms with Crippen molar-refractivity contribution in [3.63, 3.8) is 0 Å². The summed E-state index contributed by atoms with van der Waals surface area (Å²) in [5, 5.41) is 12.6. The summed E-state index contributed by atoms with van der Waals surface area (Å²) in [6, 6.07) is 5.61. The number of rotatable bonds is 5. The molecule has 0 aliphatic heterocycles. The van der Waals surface area contributed by atoms with E-state index in [4.69, 9.17) is 0 Å². The minimum atomic E-state index is -4.70. The van der Waals surface area contributed by atoms with Gasteiger partial charge in [0.15, 0.2) is 0 Å². The Hall–Kier alpha value is -1.27. The van der Waals surface area contributed by atoms with E-state index in [2.05, 4.69) is 10.1 Å². The van der Waals surface area contributed by atoms with Gasteiger partial charge in [0.2, 0.25) is 0 Å². The Bertz CT molecular complexity index is 403. The maximum atomic E-state index is 12.0. The van der Waals surface area contributed by atoms with Crippen molar-refractivity contribution in [2.24, 2.45) is 0 Å². The van der Waals surface area contributed by atoms with Gasteiger partial charge in [0.05, 0.1) is 12.1 Å². The minimum Gasteiger partial charge on any atom is -0.406 e. The molecule has 0 saturated carbocycles. The van der Waals surface area contributed by atoms with E-state index in [0.717, 1.165) is 0 Å². The maximum Gasteiger partial charge on any atom is 0.573 e. The summed E-state index contributed by atoms with van der Waals surface area (Å²) in [6.07, 6.45) is -4.70. The van der Waals surface area contributed by atoms with Crippen LogP contribution >= 0.6 is 0 Å². The number of alkyl halides is 3. The van der Waals surface area contributed by atoms with Crippen LogP contribution in [0.15, 0.2) is 24.3 Å². The van der Waals surface area contributed by atoms with Crippen molar-refractivity contribution in [1.29, 1.82) is 0 Å². The van der Waals surface area contributed by atoms with Gasteiger partial charge in [0.25, 0.3) is 0 Å². The van der Waals surface area contributed by atoms with E-state index in [1.807, 2.05) is 13.8 Å². The van der Waals surface area contributed by atoms with E-state index in [1.54, 1.807) is 6.92 Å². The van der Waals surface area contributed by atoms with Gasteiger partial charge in [-0.3, -0.25) is 0 Å². The average molecular weight is 277 g/mol. The van der Waals surface area contributed by atoms with Gasteiger partial charge in [0.1, 0.15) is 5.75 Å². The lowest BCUT2D eigenvalue weighted by atomic mass is 9.92. The summed E-state index contributed by atoms with van der Waals surface area (Å²) in [6.45, 7) is 5.47. The van der Waals surface area contributed by atoms with Gasteiger partial charge < -0.3 is 15.2 Å². The second kappa shape index (κ2) is 5.79. The van der Waals surface area contributed by atoms with Crippen LogP contribution < -0.4 is 10.1 Å². The van der Waals surface area contributed by atoms with Crippen molar-refractivity contribution in [2.45, 2.75) is 38.7 Å². The number of ether oxygens (including phenoxy) is 1. The summed E-state index contributed by atoms with van der Waals surface area (Å²) >= 11 is 0. The molecule has 3 nitrogen and oxygen atoms in total. The van der Waals surface area contributed by atoms with Crippen molar-refractivity contribution < 1.29 is 23.0 Å². The molecule has 0 radical (unpaired) electrons. The van der Waals surface area contributed by atoms with E-state index >= 15 is 0 Å². The first-order valence-corrected chi connectivity index (χ1v) is 5.91. The molecule has 0 bridgehead atoms. The Morgan fingerprint density at radius 3 is 2.11 bits per heavy atom. The Labute approximate surface area is 110 Å².